The van der Waals surface area contributed by atoms with Crippen LogP contribution < -0.4 is 11.0 Å². The van der Waals surface area contributed by atoms with E-state index in [1.165, 1.54) is 7.41 Å². The summed E-state index contributed by atoms with van der Waals surface area (Å²) in [5, 5.41) is 11.3. The Morgan fingerprint density at radius 2 is 2.50 bits per heavy atom. The highest BCUT2D eigenvalue weighted by Crippen LogP contribution is 2.29. The predicted molar refractivity (Wildman–Crippen MR) is 43.2 cm³/mol. The Balaban J connectivity index is 2.47. The van der Waals surface area contributed by atoms with Crippen LogP contribution in [0.3, 0.4) is 0 Å². The van der Waals surface area contributed by atoms with Gasteiger partial charge in [-0.3, -0.25) is 4.79 Å². The smallest absolute Gasteiger partial charge is 0.325 e. The summed E-state index contributed by atoms with van der Waals surface area (Å²) in [6, 6.07) is -0.319. The number of rotatable bonds is 4. The molecule has 1 radical (unpaired) electrons. The first kappa shape index (κ1) is 9.21. The second-order valence-corrected chi connectivity index (χ2v) is 2.91. The lowest BCUT2D eigenvalue weighted by molar-refractivity contribution is -0.148. The molecule has 1 saturated carbocycles. The van der Waals surface area contributed by atoms with Crippen molar-refractivity contribution in [2.75, 3.05) is 0 Å². The van der Waals surface area contributed by atoms with Gasteiger partial charge in [-0.1, -0.05) is 0 Å². The Hall–Kier alpha value is -0.875. The van der Waals surface area contributed by atoms with Crippen molar-refractivity contribution in [1.82, 2.24) is 5.23 Å². The first-order chi connectivity index (χ1) is 5.61. The number of hydrogen-bond acceptors (Lipinski definition) is 4. The van der Waals surface area contributed by atoms with E-state index in [9.17, 15) is 9.59 Å². The number of aliphatic carboxylic acids is 1. The van der Waals surface area contributed by atoms with Crippen molar-refractivity contribution < 1.29 is 14.7 Å². The molecule has 0 saturated heterocycles. The molecule has 0 aliphatic heterocycles. The summed E-state index contributed by atoms with van der Waals surface area (Å²) in [7, 11) is 1.17. The van der Waals surface area contributed by atoms with Gasteiger partial charge in [0.1, 0.15) is 5.54 Å². The maximum Gasteiger partial charge on any atom is 0.325 e. The van der Waals surface area contributed by atoms with Gasteiger partial charge in [-0.05, 0) is 12.8 Å². The highest BCUT2D eigenvalue weighted by Gasteiger charge is 2.49. The predicted octanol–water partition coefficient (Wildman–Crippen LogP) is -1.67. The maximum atomic E-state index is 10.6. The van der Waals surface area contributed by atoms with E-state index in [0.717, 1.165) is 0 Å². The van der Waals surface area contributed by atoms with Crippen LogP contribution in [-0.2, 0) is 9.59 Å². The second-order valence-electron chi connectivity index (χ2n) is 2.91. The van der Waals surface area contributed by atoms with Crippen LogP contribution in [-0.4, -0.2) is 36.3 Å². The third-order valence-electron chi connectivity index (χ3n) is 2.23. The van der Waals surface area contributed by atoms with Crippen molar-refractivity contribution in [3.63, 3.8) is 0 Å². The van der Waals surface area contributed by atoms with Gasteiger partial charge in [-0.25, -0.2) is 0 Å². The van der Waals surface area contributed by atoms with Crippen LogP contribution in [0.5, 0.6) is 0 Å². The number of carbonyl (C=O) groups is 2. The zero-order valence-electron chi connectivity index (χ0n) is 6.49. The Morgan fingerprint density at radius 3 is 2.83 bits per heavy atom. The lowest BCUT2D eigenvalue weighted by atomic mass is 9.70. The summed E-state index contributed by atoms with van der Waals surface area (Å²) in [6.07, 6.45) is 1.71. The number of nitrogens with two attached hydrogens (primary N) is 1. The average Bonchev–Trinajstić information content (AvgIpc) is 2.01. The van der Waals surface area contributed by atoms with E-state index in [2.05, 4.69) is 5.23 Å². The summed E-state index contributed by atoms with van der Waals surface area (Å²) in [6.45, 7) is 0. The molecule has 2 atom stereocenters. The lowest BCUT2D eigenvalue weighted by Gasteiger charge is -2.43. The highest BCUT2D eigenvalue weighted by atomic mass is 16.4. The van der Waals surface area contributed by atoms with Crippen molar-refractivity contribution in [1.29, 1.82) is 0 Å². The van der Waals surface area contributed by atoms with Gasteiger partial charge in [0.05, 0.1) is 6.19 Å². The molecule has 1 aliphatic rings. The summed E-state index contributed by atoms with van der Waals surface area (Å²) < 4.78 is 0. The minimum Gasteiger partial charge on any atom is -0.480 e. The van der Waals surface area contributed by atoms with Gasteiger partial charge < -0.3 is 20.9 Å². The molecule has 0 spiro atoms. The molecule has 0 aromatic rings. The average molecular weight is 169 g/mol. The summed E-state index contributed by atoms with van der Waals surface area (Å²) in [4.78, 5) is 20.5. The first-order valence-corrected chi connectivity index (χ1v) is 3.66. The van der Waals surface area contributed by atoms with E-state index in [-0.39, 0.29) is 6.04 Å². The van der Waals surface area contributed by atoms with Crippen LogP contribution in [0.1, 0.15) is 12.8 Å². The quantitative estimate of drug-likeness (QED) is 0.345. The molecule has 12 heavy (non-hydrogen) atoms. The zero-order chi connectivity index (χ0) is 9.19. The summed E-state index contributed by atoms with van der Waals surface area (Å²) >= 11 is 0. The van der Waals surface area contributed by atoms with Gasteiger partial charge in [0.2, 0.25) is 0 Å². The molecular weight excluding hydrogens is 159 g/mol. The fourth-order valence-corrected chi connectivity index (χ4v) is 1.24. The van der Waals surface area contributed by atoms with E-state index in [0.29, 0.717) is 19.0 Å². The van der Waals surface area contributed by atoms with Crippen molar-refractivity contribution in [3.8, 4) is 0 Å². The van der Waals surface area contributed by atoms with Crippen LogP contribution in [0.2, 0.25) is 0 Å². The van der Waals surface area contributed by atoms with Crippen molar-refractivity contribution in [2.24, 2.45) is 5.73 Å². The topological polar surface area (TPSA) is 92.4 Å². The van der Waals surface area contributed by atoms with Gasteiger partial charge in [0.15, 0.2) is 0 Å². The lowest BCUT2D eigenvalue weighted by Crippen LogP contribution is -2.69. The molecular formula is C6H10BN2O3. The molecule has 0 aromatic heterocycles. The minimum absolute atomic E-state index is 0.319. The fourth-order valence-electron chi connectivity index (χ4n) is 1.24. The maximum absolute atomic E-state index is 10.6. The number of carboxylic acid groups (broad SMARTS) is 1. The monoisotopic (exact) mass is 169 g/mol. The molecule has 65 valence electrons. The van der Waals surface area contributed by atoms with E-state index in [4.69, 9.17) is 10.8 Å². The number of hydrogen-bond donors (Lipinski definition) is 3. The SMILES string of the molecule is NC1(C(=O)O)CCC1N[B]C=O. The van der Waals surface area contributed by atoms with E-state index >= 15 is 0 Å². The van der Waals surface area contributed by atoms with Gasteiger partial charge in [0, 0.05) is 6.04 Å². The van der Waals surface area contributed by atoms with Gasteiger partial charge >= 0.3 is 5.97 Å². The highest BCUT2D eigenvalue weighted by molar-refractivity contribution is 6.64. The number of carbonyl (C=O) groups excluding carboxylic acids is 1. The van der Waals surface area contributed by atoms with Crippen LogP contribution in [0.25, 0.3) is 0 Å². The van der Waals surface area contributed by atoms with Crippen LogP contribution in [0.15, 0.2) is 0 Å². The molecule has 1 fully saturated rings. The first-order valence-electron chi connectivity index (χ1n) is 3.66. The van der Waals surface area contributed by atoms with E-state index in [1.807, 2.05) is 0 Å². The Labute approximate surface area is 70.6 Å². The molecule has 1 aliphatic carbocycles. The molecule has 5 nitrogen and oxygen atoms in total. The largest absolute Gasteiger partial charge is 0.480 e. The third-order valence-corrected chi connectivity index (χ3v) is 2.23. The van der Waals surface area contributed by atoms with Gasteiger partial charge in [0.25, 0.3) is 7.41 Å². The molecule has 0 amide bonds. The number of nitrogens with one attached hydrogen (secondary N) is 1. The van der Waals surface area contributed by atoms with E-state index in [1.54, 1.807) is 0 Å². The number of carboxylic acids is 1. The second kappa shape index (κ2) is 3.24. The molecule has 0 bridgehead atoms. The third kappa shape index (κ3) is 1.35. The molecule has 4 N–H and O–H groups in total. The molecule has 2 unspecified atom stereocenters. The van der Waals surface area contributed by atoms with Crippen LogP contribution >= 0.6 is 0 Å². The summed E-state index contributed by atoms with van der Waals surface area (Å²) in [5.41, 5.74) is 4.34. The van der Waals surface area contributed by atoms with Gasteiger partial charge in [-0.15, -0.1) is 0 Å². The van der Waals surface area contributed by atoms with Crippen molar-refractivity contribution >= 4 is 19.6 Å². The van der Waals surface area contributed by atoms with Crippen LogP contribution in [0.4, 0.5) is 0 Å². The van der Waals surface area contributed by atoms with Crippen LogP contribution in [0, 0.1) is 0 Å². The van der Waals surface area contributed by atoms with Crippen molar-refractivity contribution in [3.05, 3.63) is 0 Å². The Bertz CT molecular complexity index is 211. The molecule has 0 aromatic carbocycles. The minimum atomic E-state index is -1.19. The summed E-state index contributed by atoms with van der Waals surface area (Å²) in [5.74, 6) is -1.02. The fraction of sp³-hybridized carbons (Fsp3) is 0.667. The zero-order valence-corrected chi connectivity index (χ0v) is 6.49. The Kier molecular flexibility index (Phi) is 2.49. The standard InChI is InChI=1S/C6H10BN2O3/c8-6(5(11)12)2-1-4(6)9-7-3-10/h3-4,9H,1-2,8H2,(H,11,12). The molecule has 1 rings (SSSR count). The van der Waals surface area contributed by atoms with Gasteiger partial charge in [-0.2, -0.15) is 0 Å². The Morgan fingerprint density at radius 1 is 1.83 bits per heavy atom. The van der Waals surface area contributed by atoms with Crippen molar-refractivity contribution in [2.45, 2.75) is 24.4 Å². The molecule has 6 heteroatoms. The van der Waals surface area contributed by atoms with E-state index < -0.39 is 11.5 Å². The molecule has 0 heterocycles. The normalized spacial score (nSPS) is 33.6.